The third-order valence-corrected chi connectivity index (χ3v) is 5.15. The molecule has 0 fully saturated rings. The molecule has 0 saturated carbocycles. The van der Waals surface area contributed by atoms with Gasteiger partial charge in [0.25, 0.3) is 5.56 Å². The highest BCUT2D eigenvalue weighted by molar-refractivity contribution is 5.87. The molecule has 3 aromatic carbocycles. The van der Waals surface area contributed by atoms with Crippen LogP contribution < -0.4 is 25.2 Å². The van der Waals surface area contributed by atoms with Gasteiger partial charge in [-0.3, -0.25) is 15.0 Å². The maximum absolute atomic E-state index is 13.3. The van der Waals surface area contributed by atoms with E-state index < -0.39 is 0 Å². The van der Waals surface area contributed by atoms with Gasteiger partial charge in [0.05, 0.1) is 38.7 Å². The summed E-state index contributed by atoms with van der Waals surface area (Å²) in [6.07, 6.45) is 0.0574. The number of rotatable bonds is 7. The predicted molar refractivity (Wildman–Crippen MR) is 126 cm³/mol. The molecule has 0 atom stereocenters. The van der Waals surface area contributed by atoms with Gasteiger partial charge in [0, 0.05) is 5.56 Å². The summed E-state index contributed by atoms with van der Waals surface area (Å²) >= 11 is 0. The zero-order valence-electron chi connectivity index (χ0n) is 18.5. The van der Waals surface area contributed by atoms with E-state index in [1.54, 1.807) is 74.9 Å². The normalized spacial score (nSPS) is 10.6. The number of nitrogens with zero attached hydrogens (tertiary/aromatic N) is 2. The van der Waals surface area contributed by atoms with Gasteiger partial charge in [-0.15, -0.1) is 0 Å². The predicted octanol–water partition coefficient (Wildman–Crippen LogP) is 3.40. The molecule has 0 saturated heterocycles. The van der Waals surface area contributed by atoms with Crippen LogP contribution in [0.5, 0.6) is 17.2 Å². The zero-order chi connectivity index (χ0) is 23.4. The Kier molecular flexibility index (Phi) is 6.26. The lowest BCUT2D eigenvalue weighted by molar-refractivity contribution is -0.116. The molecule has 1 heterocycles. The van der Waals surface area contributed by atoms with Crippen LogP contribution in [-0.2, 0) is 11.2 Å². The van der Waals surface area contributed by atoms with Crippen molar-refractivity contribution < 1.29 is 19.0 Å². The van der Waals surface area contributed by atoms with Crippen molar-refractivity contribution in [3.63, 3.8) is 0 Å². The first-order valence-corrected chi connectivity index (χ1v) is 10.2. The average molecular weight is 445 g/mol. The standard InChI is InChI=1S/C25H23N3O5/c1-31-18-8-6-7-16(13-18)14-23(29)27-28-24(17-11-12-21(32-2)22(15-17)33-3)26-20-10-5-4-9-19(20)25(28)30/h4-13,15H,14H2,1-3H3,(H,27,29). The summed E-state index contributed by atoms with van der Waals surface area (Å²) in [5, 5.41) is 0.392. The molecule has 1 aromatic heterocycles. The number of aromatic nitrogens is 2. The molecular formula is C25H23N3O5. The second-order valence-corrected chi connectivity index (χ2v) is 7.23. The number of hydrogen-bond acceptors (Lipinski definition) is 6. The number of methoxy groups -OCH3 is 3. The fraction of sp³-hybridized carbons (Fsp3) is 0.160. The number of carbonyl (C=O) groups is 1. The zero-order valence-corrected chi connectivity index (χ0v) is 18.5. The van der Waals surface area contributed by atoms with Crippen LogP contribution in [0, 0.1) is 0 Å². The van der Waals surface area contributed by atoms with Gasteiger partial charge in [-0.05, 0) is 48.0 Å². The van der Waals surface area contributed by atoms with Gasteiger partial charge < -0.3 is 14.2 Å². The number of para-hydroxylation sites is 1. The molecular weight excluding hydrogens is 422 g/mol. The van der Waals surface area contributed by atoms with Crippen LogP contribution in [-0.4, -0.2) is 36.9 Å². The fourth-order valence-corrected chi connectivity index (χ4v) is 3.54. The summed E-state index contributed by atoms with van der Waals surface area (Å²) in [6, 6.07) is 19.4. The summed E-state index contributed by atoms with van der Waals surface area (Å²) < 4.78 is 17.1. The third-order valence-electron chi connectivity index (χ3n) is 5.15. The van der Waals surface area contributed by atoms with E-state index in [-0.39, 0.29) is 23.7 Å². The van der Waals surface area contributed by atoms with Gasteiger partial charge in [-0.1, -0.05) is 24.3 Å². The van der Waals surface area contributed by atoms with Crippen molar-refractivity contribution in [3.8, 4) is 28.6 Å². The van der Waals surface area contributed by atoms with Crippen LogP contribution in [0.1, 0.15) is 5.56 Å². The molecule has 168 valence electrons. The van der Waals surface area contributed by atoms with Gasteiger partial charge in [0.1, 0.15) is 5.75 Å². The molecule has 0 spiro atoms. The smallest absolute Gasteiger partial charge is 0.280 e. The SMILES string of the molecule is COc1cccc(CC(=O)Nn2c(-c3ccc(OC)c(OC)c3)nc3ccccc3c2=O)c1. The Bertz CT molecular complexity index is 1380. The van der Waals surface area contributed by atoms with Crippen molar-refractivity contribution in [1.82, 2.24) is 9.66 Å². The number of nitrogens with one attached hydrogen (secondary N) is 1. The van der Waals surface area contributed by atoms with Crippen molar-refractivity contribution in [2.75, 3.05) is 26.8 Å². The number of fused-ring (bicyclic) bond motifs is 1. The highest BCUT2D eigenvalue weighted by Crippen LogP contribution is 2.31. The Balaban J connectivity index is 1.78. The average Bonchev–Trinajstić information content (AvgIpc) is 2.85. The lowest BCUT2D eigenvalue weighted by Gasteiger charge is -2.16. The number of hydrogen-bond donors (Lipinski definition) is 1. The van der Waals surface area contributed by atoms with E-state index in [9.17, 15) is 9.59 Å². The minimum atomic E-state index is -0.385. The van der Waals surface area contributed by atoms with Gasteiger partial charge in [0.2, 0.25) is 5.91 Å². The van der Waals surface area contributed by atoms with Crippen molar-refractivity contribution >= 4 is 16.8 Å². The summed E-state index contributed by atoms with van der Waals surface area (Å²) in [4.78, 5) is 30.9. The maximum atomic E-state index is 13.3. The monoisotopic (exact) mass is 445 g/mol. The molecule has 4 aromatic rings. The molecule has 1 amide bonds. The molecule has 0 radical (unpaired) electrons. The van der Waals surface area contributed by atoms with Crippen LogP contribution in [0.4, 0.5) is 0 Å². The van der Waals surface area contributed by atoms with Crippen molar-refractivity contribution in [3.05, 3.63) is 82.6 Å². The Morgan fingerprint density at radius 1 is 0.909 bits per heavy atom. The molecule has 0 unspecified atom stereocenters. The van der Waals surface area contributed by atoms with E-state index in [0.717, 1.165) is 5.56 Å². The largest absolute Gasteiger partial charge is 0.497 e. The van der Waals surface area contributed by atoms with Crippen molar-refractivity contribution in [2.45, 2.75) is 6.42 Å². The van der Waals surface area contributed by atoms with Gasteiger partial charge in [0.15, 0.2) is 17.3 Å². The van der Waals surface area contributed by atoms with E-state index in [0.29, 0.717) is 33.7 Å². The number of carbonyl (C=O) groups excluding carboxylic acids is 1. The van der Waals surface area contributed by atoms with Crippen LogP contribution >= 0.6 is 0 Å². The lowest BCUT2D eigenvalue weighted by atomic mass is 10.1. The molecule has 8 nitrogen and oxygen atoms in total. The number of ether oxygens (including phenoxy) is 3. The molecule has 1 N–H and O–H groups in total. The number of benzene rings is 3. The molecule has 8 heteroatoms. The topological polar surface area (TPSA) is 91.7 Å². The highest BCUT2D eigenvalue weighted by Gasteiger charge is 2.17. The second-order valence-electron chi connectivity index (χ2n) is 7.23. The van der Waals surface area contributed by atoms with E-state index >= 15 is 0 Å². The van der Waals surface area contributed by atoms with Crippen LogP contribution in [0.15, 0.2) is 71.5 Å². The first kappa shape index (κ1) is 21.9. The fourth-order valence-electron chi connectivity index (χ4n) is 3.54. The summed E-state index contributed by atoms with van der Waals surface area (Å²) in [5.41, 5.74) is 4.18. The Labute approximate surface area is 190 Å². The van der Waals surface area contributed by atoms with Gasteiger partial charge in [-0.2, -0.15) is 4.68 Å². The summed E-state index contributed by atoms with van der Waals surface area (Å²) in [5.74, 6) is 1.57. The minimum Gasteiger partial charge on any atom is -0.497 e. The van der Waals surface area contributed by atoms with Crippen LogP contribution in [0.2, 0.25) is 0 Å². The lowest BCUT2D eigenvalue weighted by Crippen LogP contribution is -2.35. The van der Waals surface area contributed by atoms with Crippen LogP contribution in [0.25, 0.3) is 22.3 Å². The Hall–Kier alpha value is -4.33. The molecule has 0 aliphatic heterocycles. The summed E-state index contributed by atoms with van der Waals surface area (Å²) in [7, 11) is 4.63. The van der Waals surface area contributed by atoms with Crippen molar-refractivity contribution in [2.24, 2.45) is 0 Å². The van der Waals surface area contributed by atoms with Crippen LogP contribution in [0.3, 0.4) is 0 Å². The first-order chi connectivity index (χ1) is 16.0. The highest BCUT2D eigenvalue weighted by atomic mass is 16.5. The molecule has 4 rings (SSSR count). The Morgan fingerprint density at radius 2 is 1.70 bits per heavy atom. The second kappa shape index (κ2) is 9.44. The van der Waals surface area contributed by atoms with Gasteiger partial charge >= 0.3 is 0 Å². The maximum Gasteiger partial charge on any atom is 0.280 e. The molecule has 33 heavy (non-hydrogen) atoms. The van der Waals surface area contributed by atoms with E-state index in [1.807, 2.05) is 6.07 Å². The molecule has 0 aliphatic carbocycles. The quantitative estimate of drug-likeness (QED) is 0.469. The Morgan fingerprint density at radius 3 is 2.45 bits per heavy atom. The number of amides is 1. The molecule has 0 aliphatic rings. The molecule has 0 bridgehead atoms. The van der Waals surface area contributed by atoms with Gasteiger partial charge in [-0.25, -0.2) is 4.98 Å². The van der Waals surface area contributed by atoms with Crippen molar-refractivity contribution in [1.29, 1.82) is 0 Å². The summed E-state index contributed by atoms with van der Waals surface area (Å²) in [6.45, 7) is 0. The van der Waals surface area contributed by atoms with E-state index in [4.69, 9.17) is 14.2 Å². The van der Waals surface area contributed by atoms with E-state index in [1.165, 1.54) is 11.8 Å². The first-order valence-electron chi connectivity index (χ1n) is 10.2. The van der Waals surface area contributed by atoms with E-state index in [2.05, 4.69) is 10.4 Å². The third kappa shape index (κ3) is 4.50. The minimum absolute atomic E-state index is 0.0574.